The second-order valence-electron chi connectivity index (χ2n) is 5.31. The molecule has 0 aliphatic carbocycles. The molecular weight excluding hydrogens is 344 g/mol. The number of hydrogen-bond donors (Lipinski definition) is 2. The van der Waals surface area contributed by atoms with E-state index in [2.05, 4.69) is 36.5 Å². The van der Waals surface area contributed by atoms with Crippen LogP contribution in [0.3, 0.4) is 0 Å². The van der Waals surface area contributed by atoms with E-state index >= 15 is 0 Å². The second-order valence-corrected chi connectivity index (χ2v) is 6.16. The lowest BCUT2D eigenvalue weighted by Gasteiger charge is -2.13. The maximum atomic E-state index is 5.62. The number of aromatic nitrogens is 2. The summed E-state index contributed by atoms with van der Waals surface area (Å²) in [6, 6.07) is 9.88. The molecule has 116 valence electrons. The van der Waals surface area contributed by atoms with E-state index in [1.165, 1.54) is 0 Å². The van der Waals surface area contributed by atoms with Crippen molar-refractivity contribution >= 4 is 33.3 Å². The highest BCUT2D eigenvalue weighted by Crippen LogP contribution is 2.25. The number of aryl methyl sites for hydroxylation is 1. The van der Waals surface area contributed by atoms with Crippen LogP contribution in [0.1, 0.15) is 18.7 Å². The zero-order valence-electron chi connectivity index (χ0n) is 12.5. The number of para-hydroxylation sites is 1. The number of halogens is 1. The molecule has 5 nitrogen and oxygen atoms in total. The van der Waals surface area contributed by atoms with Crippen LogP contribution in [0.25, 0.3) is 0 Å². The van der Waals surface area contributed by atoms with Crippen LogP contribution in [0.2, 0.25) is 0 Å². The molecule has 1 unspecified atom stereocenters. The predicted octanol–water partition coefficient (Wildman–Crippen LogP) is 3.88. The summed E-state index contributed by atoms with van der Waals surface area (Å²) in [6.07, 6.45) is 2.54. The molecule has 1 aliphatic rings. The molecule has 2 heterocycles. The van der Waals surface area contributed by atoms with Gasteiger partial charge in [-0.05, 0) is 47.8 Å². The molecule has 1 fully saturated rings. The first kappa shape index (κ1) is 15.2. The van der Waals surface area contributed by atoms with Crippen molar-refractivity contribution in [2.24, 2.45) is 0 Å². The summed E-state index contributed by atoms with van der Waals surface area (Å²) in [5, 5.41) is 6.65. The van der Waals surface area contributed by atoms with E-state index in [9.17, 15) is 0 Å². The first-order chi connectivity index (χ1) is 10.7. The Labute approximate surface area is 138 Å². The molecule has 0 bridgehead atoms. The first-order valence-corrected chi connectivity index (χ1v) is 8.23. The average molecular weight is 363 g/mol. The van der Waals surface area contributed by atoms with Crippen LogP contribution < -0.4 is 10.6 Å². The van der Waals surface area contributed by atoms with E-state index in [1.807, 2.05) is 37.3 Å². The highest BCUT2D eigenvalue weighted by Gasteiger charge is 2.15. The fourth-order valence-corrected chi connectivity index (χ4v) is 2.83. The van der Waals surface area contributed by atoms with Crippen LogP contribution in [-0.4, -0.2) is 29.2 Å². The fraction of sp³-hybridized carbons (Fsp3) is 0.375. The van der Waals surface area contributed by atoms with Crippen molar-refractivity contribution in [1.82, 2.24) is 9.97 Å². The molecule has 0 amide bonds. The minimum atomic E-state index is 0.287. The van der Waals surface area contributed by atoms with E-state index in [4.69, 9.17) is 4.74 Å². The molecule has 22 heavy (non-hydrogen) atoms. The Hall–Kier alpha value is -1.66. The molecule has 1 saturated heterocycles. The number of nitrogens with one attached hydrogen (secondary N) is 2. The maximum absolute atomic E-state index is 5.62. The van der Waals surface area contributed by atoms with E-state index in [1.54, 1.807) is 0 Å². The van der Waals surface area contributed by atoms with E-state index in [0.717, 1.165) is 53.6 Å². The number of ether oxygens (including phenoxy) is 1. The quantitative estimate of drug-likeness (QED) is 0.844. The standard InChI is InChI=1S/C16H19BrN4O/c1-11-19-15(18-10-12-5-4-8-22-12)9-16(20-11)21-14-7-3-2-6-13(14)17/h2-3,6-7,9,12H,4-5,8,10H2,1H3,(H2,18,19,20,21). The van der Waals surface area contributed by atoms with Gasteiger partial charge in [-0.15, -0.1) is 0 Å². The van der Waals surface area contributed by atoms with Gasteiger partial charge in [0.15, 0.2) is 0 Å². The van der Waals surface area contributed by atoms with Crippen molar-refractivity contribution in [3.05, 3.63) is 40.6 Å². The lowest BCUT2D eigenvalue weighted by atomic mass is 10.2. The molecule has 1 aromatic heterocycles. The third-order valence-electron chi connectivity index (χ3n) is 3.51. The lowest BCUT2D eigenvalue weighted by molar-refractivity contribution is 0.120. The monoisotopic (exact) mass is 362 g/mol. The molecule has 3 rings (SSSR count). The van der Waals surface area contributed by atoms with Crippen LogP contribution in [-0.2, 0) is 4.74 Å². The normalized spacial score (nSPS) is 17.5. The maximum Gasteiger partial charge on any atom is 0.136 e. The molecular formula is C16H19BrN4O. The molecule has 1 aromatic carbocycles. The number of nitrogens with zero attached hydrogens (tertiary/aromatic N) is 2. The van der Waals surface area contributed by atoms with Gasteiger partial charge in [0.1, 0.15) is 17.5 Å². The van der Waals surface area contributed by atoms with E-state index in [0.29, 0.717) is 0 Å². The third kappa shape index (κ3) is 3.96. The molecule has 0 spiro atoms. The predicted molar refractivity (Wildman–Crippen MR) is 91.7 cm³/mol. The Morgan fingerprint density at radius 2 is 2.09 bits per heavy atom. The van der Waals surface area contributed by atoms with Crippen molar-refractivity contribution in [2.45, 2.75) is 25.9 Å². The van der Waals surface area contributed by atoms with Gasteiger partial charge >= 0.3 is 0 Å². The Morgan fingerprint density at radius 1 is 1.27 bits per heavy atom. The van der Waals surface area contributed by atoms with Crippen molar-refractivity contribution in [3.63, 3.8) is 0 Å². The van der Waals surface area contributed by atoms with Gasteiger partial charge in [0.05, 0.1) is 11.8 Å². The van der Waals surface area contributed by atoms with Crippen LogP contribution in [0.4, 0.5) is 17.3 Å². The van der Waals surface area contributed by atoms with Crippen molar-refractivity contribution in [2.75, 3.05) is 23.8 Å². The summed E-state index contributed by atoms with van der Waals surface area (Å²) in [6.45, 7) is 3.54. The summed E-state index contributed by atoms with van der Waals surface area (Å²) in [4.78, 5) is 8.87. The molecule has 1 atom stereocenters. The molecule has 2 N–H and O–H groups in total. The third-order valence-corrected chi connectivity index (χ3v) is 4.20. The summed E-state index contributed by atoms with van der Waals surface area (Å²) in [5.41, 5.74) is 0.977. The van der Waals surface area contributed by atoms with Crippen LogP contribution in [0, 0.1) is 6.92 Å². The second kappa shape index (κ2) is 7.07. The smallest absolute Gasteiger partial charge is 0.136 e. The zero-order chi connectivity index (χ0) is 15.4. The fourth-order valence-electron chi connectivity index (χ4n) is 2.45. The Bertz CT molecular complexity index is 644. The summed E-state index contributed by atoms with van der Waals surface area (Å²) in [5.74, 6) is 2.32. The Morgan fingerprint density at radius 3 is 2.86 bits per heavy atom. The van der Waals surface area contributed by atoms with Gasteiger partial charge in [0.25, 0.3) is 0 Å². The van der Waals surface area contributed by atoms with Gasteiger partial charge in [0.2, 0.25) is 0 Å². The van der Waals surface area contributed by atoms with Crippen LogP contribution in [0.15, 0.2) is 34.8 Å². The van der Waals surface area contributed by atoms with Crippen LogP contribution in [0.5, 0.6) is 0 Å². The minimum Gasteiger partial charge on any atom is -0.376 e. The van der Waals surface area contributed by atoms with Gasteiger partial charge in [-0.1, -0.05) is 12.1 Å². The number of benzene rings is 1. The van der Waals surface area contributed by atoms with Gasteiger partial charge in [-0.25, -0.2) is 9.97 Å². The molecule has 0 saturated carbocycles. The zero-order valence-corrected chi connectivity index (χ0v) is 14.1. The van der Waals surface area contributed by atoms with E-state index < -0.39 is 0 Å². The SMILES string of the molecule is Cc1nc(NCC2CCCO2)cc(Nc2ccccc2Br)n1. The molecule has 0 radical (unpaired) electrons. The Kier molecular flexibility index (Phi) is 4.90. The Balaban J connectivity index is 1.70. The van der Waals surface area contributed by atoms with Crippen LogP contribution >= 0.6 is 15.9 Å². The number of rotatable bonds is 5. The minimum absolute atomic E-state index is 0.287. The summed E-state index contributed by atoms with van der Waals surface area (Å²) < 4.78 is 6.62. The topological polar surface area (TPSA) is 59.1 Å². The number of hydrogen-bond acceptors (Lipinski definition) is 5. The van der Waals surface area contributed by atoms with Gasteiger partial charge < -0.3 is 15.4 Å². The molecule has 6 heteroatoms. The van der Waals surface area contributed by atoms with Crippen molar-refractivity contribution in [3.8, 4) is 0 Å². The largest absolute Gasteiger partial charge is 0.376 e. The lowest BCUT2D eigenvalue weighted by Crippen LogP contribution is -2.19. The highest BCUT2D eigenvalue weighted by atomic mass is 79.9. The van der Waals surface area contributed by atoms with Gasteiger partial charge in [0, 0.05) is 23.7 Å². The highest BCUT2D eigenvalue weighted by molar-refractivity contribution is 9.10. The summed E-state index contributed by atoms with van der Waals surface area (Å²) in [7, 11) is 0. The van der Waals surface area contributed by atoms with Crippen molar-refractivity contribution in [1.29, 1.82) is 0 Å². The molecule has 2 aromatic rings. The summed E-state index contributed by atoms with van der Waals surface area (Å²) >= 11 is 3.53. The van der Waals surface area contributed by atoms with Gasteiger partial charge in [-0.3, -0.25) is 0 Å². The van der Waals surface area contributed by atoms with Gasteiger partial charge in [-0.2, -0.15) is 0 Å². The average Bonchev–Trinajstić information content (AvgIpc) is 3.00. The number of anilines is 3. The molecule has 1 aliphatic heterocycles. The first-order valence-electron chi connectivity index (χ1n) is 7.43. The van der Waals surface area contributed by atoms with Crippen molar-refractivity contribution < 1.29 is 4.74 Å². The van der Waals surface area contributed by atoms with E-state index in [-0.39, 0.29) is 6.10 Å².